The molecule has 0 aromatic heterocycles. The molecule has 0 fully saturated rings. The van der Waals surface area contributed by atoms with Gasteiger partial charge >= 0.3 is 6.09 Å². The van der Waals surface area contributed by atoms with E-state index in [9.17, 15) is 18.0 Å². The summed E-state index contributed by atoms with van der Waals surface area (Å²) < 4.78 is 41.8. The van der Waals surface area contributed by atoms with E-state index in [4.69, 9.17) is 9.47 Å². The normalized spacial score (nSPS) is 15.0. The Bertz CT molecular complexity index is 2200. The molecule has 0 saturated carbocycles. The highest BCUT2D eigenvalue weighted by atomic mass is 79.9. The van der Waals surface area contributed by atoms with Crippen LogP contribution in [0, 0.1) is 6.92 Å². The molecule has 2 aliphatic rings. The van der Waals surface area contributed by atoms with Crippen molar-refractivity contribution in [2.45, 2.75) is 30.2 Å². The minimum atomic E-state index is -4.15. The number of nitrogens with one attached hydrogen (secondary N) is 2. The summed E-state index contributed by atoms with van der Waals surface area (Å²) in [5.74, 6) is -0.541. The summed E-state index contributed by atoms with van der Waals surface area (Å²) in [6.45, 7) is 2.24. The van der Waals surface area contributed by atoms with Crippen LogP contribution in [0.3, 0.4) is 0 Å². The number of ether oxygens (including phenoxy) is 2. The van der Waals surface area contributed by atoms with E-state index in [1.165, 1.54) is 24.1 Å². The average molecular weight is 753 g/mol. The molecule has 1 aliphatic carbocycles. The molecule has 7 rings (SSSR count). The maximum absolute atomic E-state index is 14.2. The van der Waals surface area contributed by atoms with Gasteiger partial charge in [0.05, 0.1) is 12.8 Å². The quantitative estimate of drug-likeness (QED) is 0.166. The van der Waals surface area contributed by atoms with Crippen LogP contribution < -0.4 is 14.8 Å². The van der Waals surface area contributed by atoms with Crippen LogP contribution in [0.2, 0.25) is 0 Å². The van der Waals surface area contributed by atoms with Gasteiger partial charge < -0.3 is 14.8 Å². The maximum atomic E-state index is 14.2. The van der Waals surface area contributed by atoms with Crippen LogP contribution in [0.4, 0.5) is 16.2 Å². The highest BCUT2D eigenvalue weighted by Gasteiger charge is 2.38. The van der Waals surface area contributed by atoms with Gasteiger partial charge in [-0.1, -0.05) is 78.9 Å². The van der Waals surface area contributed by atoms with Gasteiger partial charge in [-0.2, -0.15) is 0 Å². The summed E-state index contributed by atoms with van der Waals surface area (Å²) in [4.78, 5) is 29.3. The lowest BCUT2D eigenvalue weighted by Gasteiger charge is -2.35. The molecule has 1 unspecified atom stereocenters. The van der Waals surface area contributed by atoms with Gasteiger partial charge in [0.25, 0.3) is 15.9 Å². The van der Waals surface area contributed by atoms with Gasteiger partial charge in [-0.3, -0.25) is 14.4 Å². The summed E-state index contributed by atoms with van der Waals surface area (Å²) in [7, 11) is -2.77. The maximum Gasteiger partial charge on any atom is 0.410 e. The highest BCUT2D eigenvalue weighted by Crippen LogP contribution is 2.45. The number of fused-ring (bicyclic) bond motifs is 4. The van der Waals surface area contributed by atoms with Crippen LogP contribution in [-0.4, -0.2) is 45.6 Å². The predicted octanol–water partition coefficient (Wildman–Crippen LogP) is 8.05. The topological polar surface area (TPSA) is 114 Å². The van der Waals surface area contributed by atoms with Crippen molar-refractivity contribution in [2.75, 3.05) is 30.3 Å². The van der Waals surface area contributed by atoms with Crippen LogP contribution in [0.15, 0.2) is 119 Å². The molecule has 0 spiro atoms. The highest BCUT2D eigenvalue weighted by molar-refractivity contribution is 9.10. The van der Waals surface area contributed by atoms with E-state index in [0.29, 0.717) is 22.1 Å². The number of amides is 2. The summed E-state index contributed by atoms with van der Waals surface area (Å²) in [5.41, 5.74) is 7.50. The number of benzene rings is 5. The van der Waals surface area contributed by atoms with Crippen molar-refractivity contribution < 1.29 is 27.5 Å². The number of sulfonamides is 1. The fourth-order valence-electron chi connectivity index (χ4n) is 6.82. The average Bonchev–Trinajstić information content (AvgIpc) is 3.44. The van der Waals surface area contributed by atoms with E-state index in [1.54, 1.807) is 18.2 Å². The first-order chi connectivity index (χ1) is 24.1. The Balaban J connectivity index is 1.15. The van der Waals surface area contributed by atoms with Crippen molar-refractivity contribution in [2.24, 2.45) is 0 Å². The van der Waals surface area contributed by atoms with Gasteiger partial charge in [-0.25, -0.2) is 13.2 Å². The number of halogens is 1. The number of carbonyl (C=O) groups excluding carboxylic acids is 2. The third kappa shape index (κ3) is 6.34. The Morgan fingerprint density at radius 1 is 0.860 bits per heavy atom. The van der Waals surface area contributed by atoms with Gasteiger partial charge in [-0.15, -0.1) is 0 Å². The van der Waals surface area contributed by atoms with E-state index in [-0.39, 0.29) is 35.4 Å². The lowest BCUT2D eigenvalue weighted by Crippen LogP contribution is -2.45. The number of nitrogens with zero attached hydrogens (tertiary/aromatic N) is 1. The molecule has 50 heavy (non-hydrogen) atoms. The van der Waals surface area contributed by atoms with Crippen LogP contribution in [0.5, 0.6) is 5.75 Å². The van der Waals surface area contributed by atoms with Gasteiger partial charge in [0.1, 0.15) is 23.3 Å². The van der Waals surface area contributed by atoms with Crippen LogP contribution in [0.25, 0.3) is 11.1 Å². The lowest BCUT2D eigenvalue weighted by atomic mass is 9.92. The first-order valence-electron chi connectivity index (χ1n) is 16.1. The van der Waals surface area contributed by atoms with Crippen molar-refractivity contribution in [3.05, 3.63) is 141 Å². The first kappa shape index (κ1) is 33.4. The number of carbonyl (C=O) groups is 2. The Labute approximate surface area is 299 Å². The molecule has 1 atom stereocenters. The predicted molar refractivity (Wildman–Crippen MR) is 196 cm³/mol. The zero-order valence-electron chi connectivity index (χ0n) is 27.4. The number of hydrogen-bond acceptors (Lipinski definition) is 6. The summed E-state index contributed by atoms with van der Waals surface area (Å²) in [6.07, 6.45) is -0.0534. The third-order valence-electron chi connectivity index (χ3n) is 9.19. The van der Waals surface area contributed by atoms with E-state index in [0.717, 1.165) is 33.4 Å². The zero-order valence-corrected chi connectivity index (χ0v) is 29.8. The summed E-state index contributed by atoms with van der Waals surface area (Å²) in [6, 6.07) is 32.4. The van der Waals surface area contributed by atoms with Crippen molar-refractivity contribution in [3.63, 3.8) is 0 Å². The van der Waals surface area contributed by atoms with E-state index in [2.05, 4.69) is 50.2 Å². The second kappa shape index (κ2) is 13.6. The zero-order chi connectivity index (χ0) is 35.0. The molecule has 1 aliphatic heterocycles. The summed E-state index contributed by atoms with van der Waals surface area (Å²) >= 11 is 3.40. The van der Waals surface area contributed by atoms with Crippen molar-refractivity contribution in [1.82, 2.24) is 4.90 Å². The van der Waals surface area contributed by atoms with E-state index in [1.807, 2.05) is 61.5 Å². The molecule has 9 nitrogen and oxygen atoms in total. The number of hydrogen-bond donors (Lipinski definition) is 2. The van der Waals surface area contributed by atoms with E-state index < -0.39 is 28.1 Å². The van der Waals surface area contributed by atoms with Crippen LogP contribution in [0.1, 0.15) is 39.8 Å². The molecular formula is C39H34BrN3O6S. The smallest absolute Gasteiger partial charge is 0.410 e. The second-order valence-electron chi connectivity index (χ2n) is 12.3. The standard InChI is InChI=1S/C39H34BrN3O6S/c1-24-15-17-33(40)34(21-24)42-50(46,47)36-22-26(16-18-35(36)48-2)41-38(44)37-27-10-4-3-9-25(27)19-20-43(37)39(45)49-23-32-30-13-7-5-11-28(30)29-12-6-8-14-31(29)32/h3-18,21-22,32,37,42H,19-20,23H2,1-2H3,(H,41,44). The van der Waals surface area contributed by atoms with Gasteiger partial charge in [0.2, 0.25) is 0 Å². The van der Waals surface area contributed by atoms with Crippen molar-refractivity contribution in [1.29, 1.82) is 0 Å². The molecule has 0 radical (unpaired) electrons. The third-order valence-corrected chi connectivity index (χ3v) is 11.3. The molecule has 11 heteroatoms. The van der Waals surface area contributed by atoms with Gasteiger partial charge in [0, 0.05) is 22.6 Å². The number of anilines is 2. The van der Waals surface area contributed by atoms with E-state index >= 15 is 0 Å². The number of rotatable bonds is 8. The molecule has 2 N–H and O–H groups in total. The fourth-order valence-corrected chi connectivity index (χ4v) is 8.56. The molecule has 5 aromatic carbocycles. The monoisotopic (exact) mass is 751 g/mol. The molecular weight excluding hydrogens is 718 g/mol. The minimum absolute atomic E-state index is 0.0996. The Kier molecular flexibility index (Phi) is 9.11. The molecule has 0 saturated heterocycles. The van der Waals surface area contributed by atoms with Crippen LogP contribution >= 0.6 is 15.9 Å². The molecule has 1 heterocycles. The Hall–Kier alpha value is -5.13. The minimum Gasteiger partial charge on any atom is -0.495 e. The Morgan fingerprint density at radius 2 is 1.52 bits per heavy atom. The fraction of sp³-hybridized carbons (Fsp3) is 0.179. The largest absolute Gasteiger partial charge is 0.495 e. The number of aryl methyl sites for hydroxylation is 1. The second-order valence-corrected chi connectivity index (χ2v) is 14.8. The number of methoxy groups -OCH3 is 1. The molecule has 0 bridgehead atoms. The molecule has 2 amide bonds. The van der Waals surface area contributed by atoms with Crippen LogP contribution in [-0.2, 0) is 26.0 Å². The van der Waals surface area contributed by atoms with Crippen molar-refractivity contribution >= 4 is 49.3 Å². The van der Waals surface area contributed by atoms with Gasteiger partial charge in [-0.05, 0) is 98.6 Å². The van der Waals surface area contributed by atoms with Gasteiger partial charge in [0.15, 0.2) is 0 Å². The molecule has 254 valence electrons. The van der Waals surface area contributed by atoms with Crippen molar-refractivity contribution in [3.8, 4) is 16.9 Å². The molecule has 5 aromatic rings. The first-order valence-corrected chi connectivity index (χ1v) is 18.4. The lowest BCUT2D eigenvalue weighted by molar-refractivity contribution is -0.121. The Morgan fingerprint density at radius 3 is 2.22 bits per heavy atom. The SMILES string of the molecule is COc1ccc(NC(=O)C2c3ccccc3CCN2C(=O)OCC2c3ccccc3-c3ccccc32)cc1S(=O)(=O)Nc1cc(C)ccc1Br. The summed E-state index contributed by atoms with van der Waals surface area (Å²) in [5, 5.41) is 2.86.